The minimum atomic E-state index is -0.489. The molecule has 3 fully saturated rings. The van der Waals surface area contributed by atoms with Crippen LogP contribution in [-0.4, -0.2) is 66.5 Å². The van der Waals surface area contributed by atoms with Crippen LogP contribution in [0.25, 0.3) is 21.8 Å². The Kier molecular flexibility index (Phi) is 5.02. The van der Waals surface area contributed by atoms with Crippen molar-refractivity contribution in [1.29, 1.82) is 0 Å². The SMILES string of the molecule is CN1CCC(c2ccc3c(c2)[nH]c2c(C(N)=O)cnc(N4CCCC5(CCNC5=O)C4)c23)CC1. The number of primary amides is 1. The number of H-pyrrole nitrogens is 1. The highest BCUT2D eigenvalue weighted by Crippen LogP contribution is 2.42. The molecule has 178 valence electrons. The minimum Gasteiger partial charge on any atom is -0.365 e. The van der Waals surface area contributed by atoms with E-state index >= 15 is 0 Å². The number of fused-ring (bicyclic) bond motifs is 3. The quantitative estimate of drug-likeness (QED) is 0.557. The Bertz CT molecular complexity index is 1290. The number of nitrogens with two attached hydrogens (primary N) is 1. The fourth-order valence-electron chi connectivity index (χ4n) is 6.34. The van der Waals surface area contributed by atoms with E-state index in [9.17, 15) is 9.59 Å². The molecule has 8 heteroatoms. The van der Waals surface area contributed by atoms with Crippen LogP contribution in [0.2, 0.25) is 0 Å². The summed E-state index contributed by atoms with van der Waals surface area (Å²) >= 11 is 0. The van der Waals surface area contributed by atoms with Crippen molar-refractivity contribution in [3.8, 4) is 0 Å². The first-order valence-corrected chi connectivity index (χ1v) is 12.4. The van der Waals surface area contributed by atoms with Crippen LogP contribution in [-0.2, 0) is 4.79 Å². The van der Waals surface area contributed by atoms with E-state index in [4.69, 9.17) is 10.7 Å². The number of rotatable bonds is 3. The van der Waals surface area contributed by atoms with Crippen molar-refractivity contribution >= 4 is 39.4 Å². The summed E-state index contributed by atoms with van der Waals surface area (Å²) in [4.78, 5) is 37.8. The van der Waals surface area contributed by atoms with Crippen LogP contribution in [0.3, 0.4) is 0 Å². The third-order valence-corrected chi connectivity index (χ3v) is 8.33. The molecule has 3 saturated heterocycles. The molecule has 0 radical (unpaired) electrons. The zero-order valence-corrected chi connectivity index (χ0v) is 19.7. The van der Waals surface area contributed by atoms with E-state index in [-0.39, 0.29) is 11.3 Å². The topological polar surface area (TPSA) is 107 Å². The van der Waals surface area contributed by atoms with Gasteiger partial charge in [-0.15, -0.1) is 0 Å². The van der Waals surface area contributed by atoms with Crippen molar-refractivity contribution in [1.82, 2.24) is 20.2 Å². The number of amides is 2. The van der Waals surface area contributed by atoms with E-state index < -0.39 is 5.91 Å². The number of benzene rings is 1. The molecule has 3 aliphatic heterocycles. The molecule has 1 unspecified atom stereocenters. The van der Waals surface area contributed by atoms with Crippen molar-refractivity contribution in [3.63, 3.8) is 0 Å². The second kappa shape index (κ2) is 7.98. The lowest BCUT2D eigenvalue weighted by Gasteiger charge is -2.39. The van der Waals surface area contributed by atoms with Gasteiger partial charge in [-0.3, -0.25) is 9.59 Å². The summed E-state index contributed by atoms with van der Waals surface area (Å²) in [6.07, 6.45) is 6.60. The fraction of sp³-hybridized carbons (Fsp3) is 0.500. The first-order valence-electron chi connectivity index (χ1n) is 12.4. The number of carbonyl (C=O) groups excluding carboxylic acids is 2. The fourth-order valence-corrected chi connectivity index (χ4v) is 6.34. The van der Waals surface area contributed by atoms with Crippen LogP contribution < -0.4 is 16.0 Å². The zero-order chi connectivity index (χ0) is 23.4. The molecular formula is C26H32N6O2. The van der Waals surface area contributed by atoms with Crippen LogP contribution >= 0.6 is 0 Å². The van der Waals surface area contributed by atoms with Crippen LogP contribution in [0.5, 0.6) is 0 Å². The Balaban J connectivity index is 1.46. The van der Waals surface area contributed by atoms with Crippen molar-refractivity contribution in [2.45, 2.75) is 38.0 Å². The van der Waals surface area contributed by atoms with Crippen molar-refractivity contribution < 1.29 is 9.59 Å². The molecular weight excluding hydrogens is 428 g/mol. The number of anilines is 1. The molecule has 6 rings (SSSR count). The van der Waals surface area contributed by atoms with Crippen LogP contribution in [0.1, 0.15) is 53.9 Å². The van der Waals surface area contributed by atoms with Gasteiger partial charge < -0.3 is 25.8 Å². The van der Waals surface area contributed by atoms with Crippen LogP contribution in [0, 0.1) is 5.41 Å². The number of piperidine rings is 2. The molecule has 34 heavy (non-hydrogen) atoms. The molecule has 8 nitrogen and oxygen atoms in total. The maximum atomic E-state index is 12.7. The number of nitrogens with zero attached hydrogens (tertiary/aromatic N) is 3. The average molecular weight is 461 g/mol. The minimum absolute atomic E-state index is 0.156. The molecule has 5 heterocycles. The maximum absolute atomic E-state index is 12.7. The normalized spacial score (nSPS) is 24.4. The summed E-state index contributed by atoms with van der Waals surface area (Å²) < 4.78 is 0. The Morgan fingerprint density at radius 1 is 1.21 bits per heavy atom. The lowest BCUT2D eigenvalue weighted by Crippen LogP contribution is -2.47. The predicted octanol–water partition coefficient (Wildman–Crippen LogP) is 2.73. The Morgan fingerprint density at radius 2 is 2.03 bits per heavy atom. The van der Waals surface area contributed by atoms with Gasteiger partial charge in [-0.05, 0) is 69.8 Å². The molecule has 3 aromatic rings. The molecule has 1 aromatic carbocycles. The van der Waals surface area contributed by atoms with Crippen molar-refractivity contribution in [3.05, 3.63) is 35.5 Å². The van der Waals surface area contributed by atoms with Crippen molar-refractivity contribution in [2.24, 2.45) is 11.1 Å². The summed E-state index contributed by atoms with van der Waals surface area (Å²) in [5.74, 6) is 1.04. The second-order valence-corrected chi connectivity index (χ2v) is 10.4. The van der Waals surface area contributed by atoms with Crippen molar-refractivity contribution in [2.75, 3.05) is 44.7 Å². The molecule has 0 saturated carbocycles. The molecule has 4 N–H and O–H groups in total. The third kappa shape index (κ3) is 3.35. The van der Waals surface area contributed by atoms with Gasteiger partial charge in [0.2, 0.25) is 5.91 Å². The van der Waals surface area contributed by atoms with E-state index in [0.29, 0.717) is 18.0 Å². The number of aromatic nitrogens is 2. The summed E-state index contributed by atoms with van der Waals surface area (Å²) in [5.41, 5.74) is 8.87. The predicted molar refractivity (Wildman–Crippen MR) is 133 cm³/mol. The monoisotopic (exact) mass is 460 g/mol. The molecule has 3 aliphatic rings. The van der Waals surface area contributed by atoms with Gasteiger partial charge >= 0.3 is 0 Å². The van der Waals surface area contributed by atoms with Gasteiger partial charge in [-0.25, -0.2) is 4.98 Å². The van der Waals surface area contributed by atoms with E-state index in [1.807, 2.05) is 0 Å². The van der Waals surface area contributed by atoms with E-state index in [1.54, 1.807) is 6.20 Å². The summed E-state index contributed by atoms with van der Waals surface area (Å²) in [6, 6.07) is 6.64. The Labute approximate surface area is 198 Å². The lowest BCUT2D eigenvalue weighted by atomic mass is 9.78. The molecule has 1 atom stereocenters. The summed E-state index contributed by atoms with van der Waals surface area (Å²) in [5, 5.41) is 5.00. The summed E-state index contributed by atoms with van der Waals surface area (Å²) in [7, 11) is 2.18. The first-order chi connectivity index (χ1) is 16.4. The zero-order valence-electron chi connectivity index (χ0n) is 19.7. The average Bonchev–Trinajstić information content (AvgIpc) is 3.38. The molecule has 0 bridgehead atoms. The number of likely N-dealkylation sites (tertiary alicyclic amines) is 1. The largest absolute Gasteiger partial charge is 0.365 e. The smallest absolute Gasteiger partial charge is 0.252 e. The number of pyridine rings is 1. The summed E-state index contributed by atoms with van der Waals surface area (Å²) in [6.45, 7) is 4.45. The van der Waals surface area contributed by atoms with Crippen LogP contribution in [0.15, 0.2) is 24.4 Å². The molecule has 0 aliphatic carbocycles. The number of hydrogen-bond donors (Lipinski definition) is 3. The van der Waals surface area contributed by atoms with E-state index in [0.717, 1.165) is 85.9 Å². The number of nitrogens with one attached hydrogen (secondary N) is 2. The first kappa shape index (κ1) is 21.4. The van der Waals surface area contributed by atoms with Gasteiger partial charge in [0.05, 0.1) is 21.9 Å². The van der Waals surface area contributed by atoms with Gasteiger partial charge in [0.15, 0.2) is 0 Å². The number of hydrogen-bond acceptors (Lipinski definition) is 5. The molecule has 2 aromatic heterocycles. The van der Waals surface area contributed by atoms with Gasteiger partial charge in [0.25, 0.3) is 5.91 Å². The number of carbonyl (C=O) groups is 2. The van der Waals surface area contributed by atoms with Gasteiger partial charge in [0.1, 0.15) is 5.82 Å². The Morgan fingerprint density at radius 3 is 2.76 bits per heavy atom. The highest BCUT2D eigenvalue weighted by Gasteiger charge is 2.45. The van der Waals surface area contributed by atoms with E-state index in [1.165, 1.54) is 5.56 Å². The maximum Gasteiger partial charge on any atom is 0.252 e. The van der Waals surface area contributed by atoms with Gasteiger partial charge in [-0.2, -0.15) is 0 Å². The molecule has 2 amide bonds. The van der Waals surface area contributed by atoms with Gasteiger partial charge in [-0.1, -0.05) is 12.1 Å². The molecule has 1 spiro atoms. The second-order valence-electron chi connectivity index (χ2n) is 10.4. The van der Waals surface area contributed by atoms with Crippen LogP contribution in [0.4, 0.5) is 5.82 Å². The van der Waals surface area contributed by atoms with Gasteiger partial charge in [0, 0.05) is 36.7 Å². The standard InChI is InChI=1S/C26H32N6O2/c1-31-11-5-16(6-12-31)17-3-4-18-20(13-17)30-22-19(23(27)33)14-29-24(21(18)22)32-10-2-7-26(15-32)8-9-28-25(26)34/h3-4,13-14,16,30H,2,5-12,15H2,1H3,(H2,27,33)(H,28,34). The number of aromatic amines is 1. The highest BCUT2D eigenvalue weighted by molar-refractivity contribution is 6.18. The lowest BCUT2D eigenvalue weighted by molar-refractivity contribution is -0.128. The van der Waals surface area contributed by atoms with E-state index in [2.05, 4.69) is 45.3 Å². The Hall–Kier alpha value is -3.13. The third-order valence-electron chi connectivity index (χ3n) is 8.33. The highest BCUT2D eigenvalue weighted by atomic mass is 16.2.